The molecule has 2 aromatic carbocycles. The number of Topliss-reactive ketones (excluding diaryl/α,β-unsaturated/α-hetero) is 1. The number of rotatable bonds is 7. The maximum atomic E-state index is 12.9. The van der Waals surface area contributed by atoms with E-state index in [9.17, 15) is 22.4 Å². The van der Waals surface area contributed by atoms with Gasteiger partial charge >= 0.3 is 5.97 Å². The van der Waals surface area contributed by atoms with E-state index in [2.05, 4.69) is 4.72 Å². The van der Waals surface area contributed by atoms with Gasteiger partial charge in [-0.1, -0.05) is 17.7 Å². The van der Waals surface area contributed by atoms with Crippen LogP contribution in [0.15, 0.2) is 41.3 Å². The number of esters is 1. The Labute approximate surface area is 157 Å². The van der Waals surface area contributed by atoms with E-state index < -0.39 is 35.0 Å². The van der Waals surface area contributed by atoms with Crippen molar-refractivity contribution in [2.75, 3.05) is 13.2 Å². The van der Waals surface area contributed by atoms with Gasteiger partial charge in [-0.2, -0.15) is 4.72 Å². The van der Waals surface area contributed by atoms with Gasteiger partial charge in [-0.3, -0.25) is 9.59 Å². The van der Waals surface area contributed by atoms with Gasteiger partial charge in [0.1, 0.15) is 12.4 Å². The Morgan fingerprint density at radius 1 is 1.04 bits per heavy atom. The Balaban J connectivity index is 1.93. The molecule has 0 spiro atoms. The second kappa shape index (κ2) is 8.41. The van der Waals surface area contributed by atoms with E-state index in [0.29, 0.717) is 5.56 Å². The SMILES string of the molecule is Cc1cc(C)c(C(=O)COC(=O)CNS(=O)(=O)c2ccc(F)cc2)c(C)c1. The molecule has 0 bridgehead atoms. The maximum Gasteiger partial charge on any atom is 0.321 e. The number of hydrogen-bond acceptors (Lipinski definition) is 5. The zero-order valence-electron chi connectivity index (χ0n) is 15.2. The van der Waals surface area contributed by atoms with Crippen molar-refractivity contribution in [3.05, 3.63) is 64.5 Å². The van der Waals surface area contributed by atoms with Crippen molar-refractivity contribution in [2.45, 2.75) is 25.7 Å². The quantitative estimate of drug-likeness (QED) is 0.577. The highest BCUT2D eigenvalue weighted by molar-refractivity contribution is 7.89. The van der Waals surface area contributed by atoms with Crippen LogP contribution in [0.4, 0.5) is 4.39 Å². The predicted octanol–water partition coefficient (Wildman–Crippen LogP) is 2.46. The molecule has 144 valence electrons. The molecule has 0 saturated heterocycles. The molecule has 0 aliphatic heterocycles. The average Bonchev–Trinajstić information content (AvgIpc) is 2.57. The third-order valence-electron chi connectivity index (χ3n) is 3.85. The van der Waals surface area contributed by atoms with E-state index in [0.717, 1.165) is 41.0 Å². The molecule has 2 aromatic rings. The number of halogens is 1. The minimum absolute atomic E-state index is 0.182. The van der Waals surface area contributed by atoms with E-state index in [1.807, 2.05) is 19.1 Å². The minimum atomic E-state index is -3.98. The summed E-state index contributed by atoms with van der Waals surface area (Å²) in [5.74, 6) is -1.83. The molecule has 0 saturated carbocycles. The molecule has 0 atom stereocenters. The first kappa shape index (κ1) is 20.7. The van der Waals surface area contributed by atoms with Crippen LogP contribution in [0.1, 0.15) is 27.0 Å². The number of benzene rings is 2. The summed E-state index contributed by atoms with van der Waals surface area (Å²) < 4.78 is 43.8. The van der Waals surface area contributed by atoms with Crippen molar-refractivity contribution >= 4 is 21.8 Å². The zero-order chi connectivity index (χ0) is 20.2. The molecule has 8 heteroatoms. The largest absolute Gasteiger partial charge is 0.456 e. The number of carbonyl (C=O) groups is 2. The van der Waals surface area contributed by atoms with Gasteiger partial charge in [-0.15, -0.1) is 0 Å². The summed E-state index contributed by atoms with van der Waals surface area (Å²) >= 11 is 0. The van der Waals surface area contributed by atoms with Crippen molar-refractivity contribution < 1.29 is 27.1 Å². The highest BCUT2D eigenvalue weighted by Crippen LogP contribution is 2.17. The van der Waals surface area contributed by atoms with Crippen molar-refractivity contribution in [1.29, 1.82) is 0 Å². The number of hydrogen-bond donors (Lipinski definition) is 1. The summed E-state index contributed by atoms with van der Waals surface area (Å²) in [4.78, 5) is 23.9. The van der Waals surface area contributed by atoms with E-state index in [1.54, 1.807) is 13.8 Å². The number of aryl methyl sites for hydroxylation is 3. The molecule has 6 nitrogen and oxygen atoms in total. The Kier molecular flexibility index (Phi) is 6.45. The van der Waals surface area contributed by atoms with Gasteiger partial charge in [0.25, 0.3) is 0 Å². The van der Waals surface area contributed by atoms with Crippen LogP contribution in [0.3, 0.4) is 0 Å². The normalized spacial score (nSPS) is 11.3. The molecule has 27 heavy (non-hydrogen) atoms. The molecular weight excluding hydrogens is 373 g/mol. The zero-order valence-corrected chi connectivity index (χ0v) is 16.0. The predicted molar refractivity (Wildman–Crippen MR) is 97.5 cm³/mol. The molecule has 1 N–H and O–H groups in total. The van der Waals surface area contributed by atoms with Gasteiger partial charge in [-0.05, 0) is 56.2 Å². The van der Waals surface area contributed by atoms with Crippen LogP contribution in [-0.2, 0) is 19.6 Å². The second-order valence-electron chi connectivity index (χ2n) is 6.14. The lowest BCUT2D eigenvalue weighted by atomic mass is 9.97. The standard InChI is InChI=1S/C19H20FNO5S/c1-12-8-13(2)19(14(3)9-12)17(22)11-26-18(23)10-21-27(24,25)16-6-4-15(20)5-7-16/h4-9,21H,10-11H2,1-3H3. The molecule has 2 rings (SSSR count). The Morgan fingerprint density at radius 2 is 1.59 bits per heavy atom. The monoisotopic (exact) mass is 393 g/mol. The van der Waals surface area contributed by atoms with Crippen molar-refractivity contribution in [3.8, 4) is 0 Å². The Hall–Kier alpha value is -2.58. The molecule has 0 radical (unpaired) electrons. The molecule has 0 heterocycles. The molecule has 0 unspecified atom stereocenters. The summed E-state index contributed by atoms with van der Waals surface area (Å²) in [6, 6.07) is 7.87. The van der Waals surface area contributed by atoms with Crippen molar-refractivity contribution in [2.24, 2.45) is 0 Å². The van der Waals surface area contributed by atoms with Crippen LogP contribution >= 0.6 is 0 Å². The molecule has 0 aliphatic carbocycles. The van der Waals surface area contributed by atoms with E-state index in [-0.39, 0.29) is 10.7 Å². The van der Waals surface area contributed by atoms with E-state index in [1.165, 1.54) is 0 Å². The Bertz CT molecular complexity index is 945. The first-order valence-electron chi connectivity index (χ1n) is 8.12. The summed E-state index contributed by atoms with van der Waals surface area (Å²) in [5.41, 5.74) is 3.07. The lowest BCUT2D eigenvalue weighted by molar-refractivity contribution is -0.141. The van der Waals surface area contributed by atoms with Gasteiger partial charge in [0.15, 0.2) is 6.61 Å². The van der Waals surface area contributed by atoms with Gasteiger partial charge in [0.2, 0.25) is 15.8 Å². The van der Waals surface area contributed by atoms with Gasteiger partial charge < -0.3 is 4.74 Å². The van der Waals surface area contributed by atoms with Gasteiger partial charge in [0.05, 0.1) is 4.90 Å². The van der Waals surface area contributed by atoms with Crippen LogP contribution in [0, 0.1) is 26.6 Å². The second-order valence-corrected chi connectivity index (χ2v) is 7.90. The topological polar surface area (TPSA) is 89.5 Å². The third kappa shape index (κ3) is 5.45. The maximum absolute atomic E-state index is 12.9. The number of nitrogens with one attached hydrogen (secondary N) is 1. The summed E-state index contributed by atoms with van der Waals surface area (Å²) in [7, 11) is -3.98. The lowest BCUT2D eigenvalue weighted by Crippen LogP contribution is -2.31. The fourth-order valence-electron chi connectivity index (χ4n) is 2.74. The third-order valence-corrected chi connectivity index (χ3v) is 5.27. The number of sulfonamides is 1. The molecule has 0 fully saturated rings. The summed E-state index contributed by atoms with van der Waals surface area (Å²) in [6.07, 6.45) is 0. The smallest absolute Gasteiger partial charge is 0.321 e. The number of ether oxygens (including phenoxy) is 1. The van der Waals surface area contributed by atoms with Crippen LogP contribution in [0.5, 0.6) is 0 Å². The van der Waals surface area contributed by atoms with Crippen LogP contribution < -0.4 is 4.72 Å². The summed E-state index contributed by atoms with van der Waals surface area (Å²) in [6.45, 7) is 4.39. The molecule has 0 aromatic heterocycles. The first-order chi connectivity index (χ1) is 12.6. The summed E-state index contributed by atoms with van der Waals surface area (Å²) in [5, 5.41) is 0. The first-order valence-corrected chi connectivity index (χ1v) is 9.60. The van der Waals surface area contributed by atoms with Crippen LogP contribution in [0.25, 0.3) is 0 Å². The fourth-order valence-corrected chi connectivity index (χ4v) is 3.71. The minimum Gasteiger partial charge on any atom is -0.456 e. The number of ketones is 1. The van der Waals surface area contributed by atoms with Crippen molar-refractivity contribution in [3.63, 3.8) is 0 Å². The Morgan fingerprint density at radius 3 is 2.15 bits per heavy atom. The van der Waals surface area contributed by atoms with Crippen LogP contribution in [0.2, 0.25) is 0 Å². The molecular formula is C19H20FNO5S. The average molecular weight is 393 g/mol. The highest BCUT2D eigenvalue weighted by atomic mass is 32.2. The molecule has 0 aliphatic rings. The van der Waals surface area contributed by atoms with Crippen LogP contribution in [-0.4, -0.2) is 33.3 Å². The van der Waals surface area contributed by atoms with Crippen molar-refractivity contribution in [1.82, 2.24) is 4.72 Å². The highest BCUT2D eigenvalue weighted by Gasteiger charge is 2.18. The van der Waals surface area contributed by atoms with Gasteiger partial charge in [0, 0.05) is 5.56 Å². The number of carbonyl (C=O) groups excluding carboxylic acids is 2. The van der Waals surface area contributed by atoms with Gasteiger partial charge in [-0.25, -0.2) is 12.8 Å². The fraction of sp³-hybridized carbons (Fsp3) is 0.263. The molecule has 0 amide bonds. The van der Waals surface area contributed by atoms with E-state index in [4.69, 9.17) is 4.74 Å². The lowest BCUT2D eigenvalue weighted by Gasteiger charge is -2.11. The van der Waals surface area contributed by atoms with E-state index >= 15 is 0 Å².